The first-order valence-corrected chi connectivity index (χ1v) is 9.30. The molecule has 0 aromatic carbocycles. The normalized spacial score (nSPS) is 29.9. The predicted octanol–water partition coefficient (Wildman–Crippen LogP) is 2.92. The lowest BCUT2D eigenvalue weighted by Gasteiger charge is -2.28. The molecule has 3 atom stereocenters. The molecule has 2 rings (SSSR count). The van der Waals surface area contributed by atoms with E-state index in [0.29, 0.717) is 42.9 Å². The highest BCUT2D eigenvalue weighted by molar-refractivity contribution is 5.91. The first-order valence-electron chi connectivity index (χ1n) is 9.30. The van der Waals surface area contributed by atoms with Crippen molar-refractivity contribution in [3.63, 3.8) is 0 Å². The minimum atomic E-state index is -0.543. The summed E-state index contributed by atoms with van der Waals surface area (Å²) in [6, 6.07) is 0. The maximum absolute atomic E-state index is 12.2. The van der Waals surface area contributed by atoms with Gasteiger partial charge in [-0.25, -0.2) is 4.79 Å². The van der Waals surface area contributed by atoms with Crippen LogP contribution in [0.25, 0.3) is 0 Å². The number of rotatable bonds is 6. The molecule has 1 heterocycles. The molecule has 6 nitrogen and oxygen atoms in total. The van der Waals surface area contributed by atoms with Gasteiger partial charge in [-0.2, -0.15) is 0 Å². The molecule has 0 radical (unpaired) electrons. The van der Waals surface area contributed by atoms with E-state index in [1.807, 2.05) is 26.0 Å². The summed E-state index contributed by atoms with van der Waals surface area (Å²) in [5.74, 6) is -0.907. The number of carbonyl (C=O) groups is 3. The smallest absolute Gasteiger partial charge is 0.334 e. The summed E-state index contributed by atoms with van der Waals surface area (Å²) in [4.78, 5) is 34.8. The third-order valence-electron chi connectivity index (χ3n) is 4.63. The average Bonchev–Trinajstić information content (AvgIpc) is 2.88. The Kier molecular flexibility index (Phi) is 7.54. The molecule has 0 saturated carbocycles. The van der Waals surface area contributed by atoms with Crippen molar-refractivity contribution in [2.75, 3.05) is 13.2 Å². The minimum absolute atomic E-state index is 0.129. The van der Waals surface area contributed by atoms with Gasteiger partial charge in [-0.3, -0.25) is 9.59 Å². The van der Waals surface area contributed by atoms with Gasteiger partial charge in [-0.05, 0) is 36.0 Å². The van der Waals surface area contributed by atoms with Crippen molar-refractivity contribution in [2.24, 2.45) is 11.8 Å². The van der Waals surface area contributed by atoms with Crippen LogP contribution >= 0.6 is 0 Å². The molecule has 0 amide bonds. The maximum atomic E-state index is 12.2. The van der Waals surface area contributed by atoms with Gasteiger partial charge in [0.15, 0.2) is 0 Å². The third kappa shape index (κ3) is 5.89. The van der Waals surface area contributed by atoms with Crippen LogP contribution in [0.5, 0.6) is 0 Å². The van der Waals surface area contributed by atoms with E-state index in [-0.39, 0.29) is 18.5 Å². The van der Waals surface area contributed by atoms with Crippen molar-refractivity contribution in [1.82, 2.24) is 0 Å². The first kappa shape index (κ1) is 21.1. The summed E-state index contributed by atoms with van der Waals surface area (Å²) in [6.07, 6.45) is 5.25. The molecule has 0 aromatic rings. The van der Waals surface area contributed by atoms with E-state index in [9.17, 15) is 14.4 Å². The molecule has 148 valence electrons. The second-order valence-electron chi connectivity index (χ2n) is 7.43. The highest BCUT2D eigenvalue weighted by atomic mass is 16.6. The standard InChI is InChI=1S/C21H28O6/c1-13(2)11-26-18-8-16(10-22)6-5-7-17(12-25-15(4)23)9-19-20(18)14(3)21(24)27-19/h6,9-10,13,18-20H,3,5,7-8,11-12H2,1-2,4H3/b16-6+,17-9+/t18?,19-,20-/m1/s1. The van der Waals surface area contributed by atoms with Crippen molar-refractivity contribution in [2.45, 2.75) is 52.2 Å². The zero-order valence-corrected chi connectivity index (χ0v) is 16.2. The Morgan fingerprint density at radius 2 is 2.19 bits per heavy atom. The van der Waals surface area contributed by atoms with Crippen molar-refractivity contribution in [3.8, 4) is 0 Å². The van der Waals surface area contributed by atoms with Crippen molar-refractivity contribution in [3.05, 3.63) is 35.5 Å². The van der Waals surface area contributed by atoms with E-state index < -0.39 is 18.2 Å². The summed E-state index contributed by atoms with van der Waals surface area (Å²) >= 11 is 0. The lowest BCUT2D eigenvalue weighted by molar-refractivity contribution is -0.140. The molecule has 1 unspecified atom stereocenters. The van der Waals surface area contributed by atoms with E-state index in [2.05, 4.69) is 6.58 Å². The highest BCUT2D eigenvalue weighted by Gasteiger charge is 2.43. The van der Waals surface area contributed by atoms with Crippen LogP contribution in [-0.4, -0.2) is 43.6 Å². The highest BCUT2D eigenvalue weighted by Crippen LogP contribution is 2.36. The van der Waals surface area contributed by atoms with Gasteiger partial charge >= 0.3 is 11.9 Å². The molecule has 6 heteroatoms. The van der Waals surface area contributed by atoms with Crippen LogP contribution in [0, 0.1) is 11.8 Å². The SMILES string of the molecule is C=C1C(=O)O[C@@H]2/C=C(/COC(C)=O)CC/C=C(/C=O)CC(OCC(C)C)[C@@H]12. The fourth-order valence-corrected chi connectivity index (χ4v) is 3.27. The van der Waals surface area contributed by atoms with E-state index in [1.165, 1.54) is 6.92 Å². The van der Waals surface area contributed by atoms with Crippen molar-refractivity contribution >= 4 is 18.2 Å². The van der Waals surface area contributed by atoms with Crippen LogP contribution in [-0.2, 0) is 28.6 Å². The molecular formula is C21H28O6. The lowest BCUT2D eigenvalue weighted by atomic mass is 9.85. The maximum Gasteiger partial charge on any atom is 0.334 e. The van der Waals surface area contributed by atoms with Crippen LogP contribution in [0.1, 0.15) is 40.0 Å². The van der Waals surface area contributed by atoms with Gasteiger partial charge in [0.25, 0.3) is 0 Å². The monoisotopic (exact) mass is 376 g/mol. The molecule has 1 fully saturated rings. The quantitative estimate of drug-likeness (QED) is 0.307. The van der Waals surface area contributed by atoms with Crippen LogP contribution < -0.4 is 0 Å². The van der Waals surface area contributed by atoms with Crippen LogP contribution in [0.15, 0.2) is 35.5 Å². The Labute approximate surface area is 160 Å². The average molecular weight is 376 g/mol. The Bertz CT molecular complexity index is 658. The summed E-state index contributed by atoms with van der Waals surface area (Å²) in [5, 5.41) is 0. The predicted molar refractivity (Wildman–Crippen MR) is 99.8 cm³/mol. The largest absolute Gasteiger partial charge is 0.461 e. The van der Waals surface area contributed by atoms with E-state index in [1.54, 1.807) is 0 Å². The fourth-order valence-electron chi connectivity index (χ4n) is 3.27. The number of ether oxygens (including phenoxy) is 3. The van der Waals surface area contributed by atoms with Crippen molar-refractivity contribution < 1.29 is 28.6 Å². The Hall–Kier alpha value is -2.21. The van der Waals surface area contributed by atoms with Crippen molar-refractivity contribution in [1.29, 1.82) is 0 Å². The van der Waals surface area contributed by atoms with Gasteiger partial charge in [0, 0.05) is 25.5 Å². The van der Waals surface area contributed by atoms with Crippen LogP contribution in [0.4, 0.5) is 0 Å². The molecule has 2 aliphatic rings. The van der Waals surface area contributed by atoms with Gasteiger partial charge in [-0.1, -0.05) is 26.5 Å². The van der Waals surface area contributed by atoms with E-state index in [4.69, 9.17) is 14.2 Å². The number of fused-ring (bicyclic) bond motifs is 1. The lowest BCUT2D eigenvalue weighted by Crippen LogP contribution is -2.33. The summed E-state index contributed by atoms with van der Waals surface area (Å²) in [7, 11) is 0. The van der Waals surface area contributed by atoms with Gasteiger partial charge < -0.3 is 14.2 Å². The third-order valence-corrected chi connectivity index (χ3v) is 4.63. The minimum Gasteiger partial charge on any atom is -0.461 e. The summed E-state index contributed by atoms with van der Waals surface area (Å²) in [5.41, 5.74) is 1.82. The van der Waals surface area contributed by atoms with Gasteiger partial charge in [0.05, 0.1) is 12.0 Å². The molecular weight excluding hydrogens is 348 g/mol. The molecule has 1 aliphatic carbocycles. The number of aldehydes is 1. The Morgan fingerprint density at radius 3 is 2.81 bits per heavy atom. The van der Waals surface area contributed by atoms with Gasteiger partial charge in [0.1, 0.15) is 19.0 Å². The molecule has 1 saturated heterocycles. The molecule has 27 heavy (non-hydrogen) atoms. The molecule has 0 spiro atoms. The summed E-state index contributed by atoms with van der Waals surface area (Å²) in [6.45, 7) is 9.96. The Morgan fingerprint density at radius 1 is 1.44 bits per heavy atom. The molecule has 0 aromatic heterocycles. The number of carbonyl (C=O) groups excluding carboxylic acids is 3. The van der Waals surface area contributed by atoms with E-state index in [0.717, 1.165) is 11.9 Å². The number of esters is 2. The van der Waals surface area contributed by atoms with Gasteiger partial charge in [-0.15, -0.1) is 0 Å². The topological polar surface area (TPSA) is 78.9 Å². The number of hydrogen-bond acceptors (Lipinski definition) is 6. The fraction of sp³-hybridized carbons (Fsp3) is 0.571. The summed E-state index contributed by atoms with van der Waals surface area (Å²) < 4.78 is 16.7. The number of allylic oxidation sites excluding steroid dienone is 1. The van der Waals surface area contributed by atoms with Crippen LogP contribution in [0.2, 0.25) is 0 Å². The molecule has 0 bridgehead atoms. The number of hydrogen-bond donors (Lipinski definition) is 0. The zero-order chi connectivity index (χ0) is 20.0. The van der Waals surface area contributed by atoms with Gasteiger partial charge in [0.2, 0.25) is 0 Å². The molecule has 1 aliphatic heterocycles. The first-order chi connectivity index (χ1) is 12.8. The van der Waals surface area contributed by atoms with Crippen LogP contribution in [0.3, 0.4) is 0 Å². The Balaban J connectivity index is 2.36. The molecule has 0 N–H and O–H groups in total. The zero-order valence-electron chi connectivity index (χ0n) is 16.2. The second-order valence-corrected chi connectivity index (χ2v) is 7.43. The second kappa shape index (κ2) is 9.65. The van der Waals surface area contributed by atoms with E-state index >= 15 is 0 Å².